The van der Waals surface area contributed by atoms with E-state index in [1.165, 1.54) is 0 Å². The smallest absolute Gasteiger partial charge is 0.191 e. The third kappa shape index (κ3) is 5.40. The molecule has 6 nitrogen and oxygen atoms in total. The van der Waals surface area contributed by atoms with Crippen molar-refractivity contribution in [3.8, 4) is 5.75 Å². The largest absolute Gasteiger partial charge is 0.496 e. The van der Waals surface area contributed by atoms with Gasteiger partial charge in [-0.2, -0.15) is 0 Å². The zero-order valence-electron chi connectivity index (χ0n) is 14.7. The van der Waals surface area contributed by atoms with E-state index >= 15 is 0 Å². The first-order chi connectivity index (χ1) is 11.2. The van der Waals surface area contributed by atoms with Gasteiger partial charge in [0.1, 0.15) is 5.75 Å². The first-order valence-electron chi connectivity index (χ1n) is 7.70. The van der Waals surface area contributed by atoms with Gasteiger partial charge in [0, 0.05) is 49.9 Å². The van der Waals surface area contributed by atoms with E-state index in [0.29, 0.717) is 6.54 Å². The molecule has 0 saturated heterocycles. The summed E-state index contributed by atoms with van der Waals surface area (Å²) in [5, 5.41) is 6.59. The fourth-order valence-electron chi connectivity index (χ4n) is 2.46. The van der Waals surface area contributed by atoms with Crippen molar-refractivity contribution in [3.05, 3.63) is 47.5 Å². The van der Waals surface area contributed by atoms with E-state index in [2.05, 4.69) is 25.2 Å². The van der Waals surface area contributed by atoms with E-state index in [1.807, 2.05) is 44.6 Å². The van der Waals surface area contributed by atoms with Crippen molar-refractivity contribution in [1.82, 2.24) is 20.2 Å². The van der Waals surface area contributed by atoms with Crippen LogP contribution in [0.15, 0.2) is 35.7 Å². The number of rotatable bonds is 6. The highest BCUT2D eigenvalue weighted by Gasteiger charge is 2.09. The third-order valence-corrected chi connectivity index (χ3v) is 3.73. The summed E-state index contributed by atoms with van der Waals surface area (Å²) in [6.45, 7) is 6.32. The van der Waals surface area contributed by atoms with Gasteiger partial charge in [-0.25, -0.2) is 0 Å². The molecule has 0 radical (unpaired) electrons. The van der Waals surface area contributed by atoms with Crippen molar-refractivity contribution in [1.29, 1.82) is 0 Å². The number of methoxy groups -OCH3 is 1. The summed E-state index contributed by atoms with van der Waals surface area (Å²) in [6, 6.07) is 4.04. The molecular formula is C17H26IN5O. The van der Waals surface area contributed by atoms with E-state index in [-0.39, 0.29) is 24.0 Å². The minimum absolute atomic E-state index is 0. The quantitative estimate of drug-likeness (QED) is 0.409. The number of hydrogen-bond donors (Lipinski definition) is 2. The van der Waals surface area contributed by atoms with E-state index in [9.17, 15) is 0 Å². The zero-order valence-corrected chi connectivity index (χ0v) is 17.0. The van der Waals surface area contributed by atoms with E-state index in [1.54, 1.807) is 14.2 Å². The predicted molar refractivity (Wildman–Crippen MR) is 108 cm³/mol. The Hall–Kier alpha value is -1.77. The number of hydrogen-bond acceptors (Lipinski definition) is 3. The standard InChI is InChI=1S/C17H25N5O.HI/c1-13-11-20-15(14(2)16(13)23-4)12-21-17(18-3)19-7-10-22-8-5-6-9-22;/h5-6,8-9,11H,7,10,12H2,1-4H3,(H2,18,19,21);1H. The number of guanidine groups is 1. The van der Waals surface area contributed by atoms with E-state index in [4.69, 9.17) is 4.74 Å². The maximum absolute atomic E-state index is 5.44. The fraction of sp³-hybridized carbons (Fsp3) is 0.412. The molecule has 0 unspecified atom stereocenters. The normalized spacial score (nSPS) is 10.9. The maximum atomic E-state index is 5.44. The molecule has 7 heteroatoms. The molecule has 0 bridgehead atoms. The Bertz CT molecular complexity index is 655. The number of halogens is 1. The molecule has 132 valence electrons. The van der Waals surface area contributed by atoms with Crippen LogP contribution in [0.5, 0.6) is 5.75 Å². The Kier molecular flexibility index (Phi) is 8.59. The average molecular weight is 443 g/mol. The lowest BCUT2D eigenvalue weighted by Crippen LogP contribution is -2.38. The second-order valence-electron chi connectivity index (χ2n) is 5.32. The second kappa shape index (κ2) is 10.2. The van der Waals surface area contributed by atoms with Crippen LogP contribution in [0.25, 0.3) is 0 Å². The maximum Gasteiger partial charge on any atom is 0.191 e. The Morgan fingerprint density at radius 3 is 2.58 bits per heavy atom. The summed E-state index contributed by atoms with van der Waals surface area (Å²) >= 11 is 0. The molecule has 2 N–H and O–H groups in total. The van der Waals surface area contributed by atoms with Gasteiger partial charge in [0.2, 0.25) is 0 Å². The number of aromatic nitrogens is 2. The molecule has 2 aromatic rings. The van der Waals surface area contributed by atoms with Crippen molar-refractivity contribution < 1.29 is 4.74 Å². The first-order valence-corrected chi connectivity index (χ1v) is 7.70. The lowest BCUT2D eigenvalue weighted by Gasteiger charge is -2.15. The summed E-state index contributed by atoms with van der Waals surface area (Å²) in [6.07, 6.45) is 5.93. The molecule has 0 aliphatic heterocycles. The third-order valence-electron chi connectivity index (χ3n) is 3.73. The topological polar surface area (TPSA) is 63.5 Å². The van der Waals surface area contributed by atoms with Crippen LogP contribution in [0.4, 0.5) is 0 Å². The first kappa shape index (κ1) is 20.3. The molecule has 24 heavy (non-hydrogen) atoms. The number of ether oxygens (including phenoxy) is 1. The molecule has 0 fully saturated rings. The SMILES string of the molecule is CN=C(NCCn1cccc1)NCc1ncc(C)c(OC)c1C.I. The van der Waals surface area contributed by atoms with Gasteiger partial charge in [0.05, 0.1) is 19.3 Å². The Morgan fingerprint density at radius 1 is 1.25 bits per heavy atom. The summed E-state index contributed by atoms with van der Waals surface area (Å²) in [5.41, 5.74) is 3.06. The molecular weight excluding hydrogens is 417 g/mol. The number of nitrogens with one attached hydrogen (secondary N) is 2. The Morgan fingerprint density at radius 2 is 1.96 bits per heavy atom. The minimum Gasteiger partial charge on any atom is -0.496 e. The van der Waals surface area contributed by atoms with Crippen LogP contribution in [0.1, 0.15) is 16.8 Å². The highest BCUT2D eigenvalue weighted by atomic mass is 127. The van der Waals surface area contributed by atoms with E-state index < -0.39 is 0 Å². The minimum atomic E-state index is 0. The van der Waals surface area contributed by atoms with Crippen molar-refractivity contribution in [2.75, 3.05) is 20.7 Å². The summed E-state index contributed by atoms with van der Waals surface area (Å²) < 4.78 is 7.56. The van der Waals surface area contributed by atoms with Crippen LogP contribution in [0, 0.1) is 13.8 Å². The van der Waals surface area contributed by atoms with Crippen molar-refractivity contribution in [3.63, 3.8) is 0 Å². The zero-order chi connectivity index (χ0) is 16.7. The number of nitrogens with zero attached hydrogens (tertiary/aromatic N) is 3. The van der Waals surface area contributed by atoms with Crippen LogP contribution in [0.2, 0.25) is 0 Å². The number of aryl methyl sites for hydroxylation is 1. The van der Waals surface area contributed by atoms with Gasteiger partial charge in [-0.3, -0.25) is 9.98 Å². The molecule has 0 amide bonds. The van der Waals surface area contributed by atoms with Crippen LogP contribution in [-0.2, 0) is 13.1 Å². The van der Waals surface area contributed by atoms with Crippen LogP contribution in [0.3, 0.4) is 0 Å². The van der Waals surface area contributed by atoms with Crippen LogP contribution < -0.4 is 15.4 Å². The highest BCUT2D eigenvalue weighted by molar-refractivity contribution is 14.0. The molecule has 2 heterocycles. The summed E-state index contributed by atoms with van der Waals surface area (Å²) in [7, 11) is 3.45. The van der Waals surface area contributed by atoms with Gasteiger partial charge in [0.25, 0.3) is 0 Å². The van der Waals surface area contributed by atoms with Gasteiger partial charge < -0.3 is 19.9 Å². The molecule has 0 aliphatic rings. The van der Waals surface area contributed by atoms with Gasteiger partial charge in [-0.1, -0.05) is 0 Å². The molecule has 2 rings (SSSR count). The van der Waals surface area contributed by atoms with Crippen LogP contribution in [-0.4, -0.2) is 36.2 Å². The Balaban J connectivity index is 0.00000288. The number of pyridine rings is 1. The van der Waals surface area contributed by atoms with Gasteiger partial charge in [-0.05, 0) is 26.0 Å². The lowest BCUT2D eigenvalue weighted by molar-refractivity contribution is 0.406. The monoisotopic (exact) mass is 443 g/mol. The average Bonchev–Trinajstić information content (AvgIpc) is 3.06. The summed E-state index contributed by atoms with van der Waals surface area (Å²) in [4.78, 5) is 8.72. The van der Waals surface area contributed by atoms with Gasteiger partial charge in [0.15, 0.2) is 5.96 Å². The molecule has 0 aromatic carbocycles. The highest BCUT2D eigenvalue weighted by Crippen LogP contribution is 2.23. The summed E-state index contributed by atoms with van der Waals surface area (Å²) in [5.74, 6) is 1.66. The van der Waals surface area contributed by atoms with Gasteiger partial charge >= 0.3 is 0 Å². The van der Waals surface area contributed by atoms with E-state index in [0.717, 1.165) is 41.6 Å². The molecule has 2 aromatic heterocycles. The van der Waals surface area contributed by atoms with Crippen molar-refractivity contribution in [2.45, 2.75) is 26.9 Å². The number of aliphatic imine (C=N–C) groups is 1. The van der Waals surface area contributed by atoms with Gasteiger partial charge in [-0.15, -0.1) is 24.0 Å². The second-order valence-corrected chi connectivity index (χ2v) is 5.32. The molecule has 0 saturated carbocycles. The molecule has 0 spiro atoms. The van der Waals surface area contributed by atoms with Crippen molar-refractivity contribution in [2.24, 2.45) is 4.99 Å². The molecule has 0 aliphatic carbocycles. The van der Waals surface area contributed by atoms with Crippen LogP contribution >= 0.6 is 24.0 Å². The lowest BCUT2D eigenvalue weighted by atomic mass is 10.1. The Labute approximate surface area is 160 Å². The predicted octanol–water partition coefficient (Wildman–Crippen LogP) is 2.49. The fourth-order valence-corrected chi connectivity index (χ4v) is 2.46. The molecule has 0 atom stereocenters. The van der Waals surface area contributed by atoms with Crippen molar-refractivity contribution >= 4 is 29.9 Å².